The summed E-state index contributed by atoms with van der Waals surface area (Å²) in [5.41, 5.74) is 1.54. The molecule has 0 aliphatic carbocycles. The van der Waals surface area contributed by atoms with Gasteiger partial charge in [0.05, 0.1) is 6.26 Å². The van der Waals surface area contributed by atoms with Crippen molar-refractivity contribution in [2.45, 2.75) is 105 Å². The number of hydrogen-bond acceptors (Lipinski definition) is 7. The van der Waals surface area contributed by atoms with E-state index < -0.39 is 6.17 Å². The fourth-order valence-electron chi connectivity index (χ4n) is 4.97. The fraction of sp³-hybridized carbons (Fsp3) is 0.625. The smallest absolute Gasteiger partial charge is 0.269 e. The molecule has 0 aromatic heterocycles. The highest BCUT2D eigenvalue weighted by Crippen LogP contribution is 2.23. The summed E-state index contributed by atoms with van der Waals surface area (Å²) < 4.78 is 0. The van der Waals surface area contributed by atoms with Crippen LogP contribution in [0, 0.1) is 0 Å². The van der Waals surface area contributed by atoms with Gasteiger partial charge in [-0.25, -0.2) is 0 Å². The Kier molecular flexibility index (Phi) is 20.9. The molecule has 2 unspecified atom stereocenters. The molecule has 3 rings (SSSR count). The Morgan fingerprint density at radius 2 is 1.68 bits per heavy atom. The van der Waals surface area contributed by atoms with Crippen molar-refractivity contribution in [3.8, 4) is 5.75 Å². The number of phenols is 1. The number of piperazine rings is 1. The standard InChI is InChI=1S/C20H37N5O2.C8H10O.C2H4O.C2H6/c1-5-9-16(10-6-2)25-12-11-24(14-15(25)7-3)18-20(27)23-17(13-22-18)19(26)21-8-4;1-2-7-3-5-8(9)6-4-7;1-2-3;1-2/h13,15-16,18,22H,5-12,14H2,1-4H3,(H,21,26)(H,23,27);3-6,9H,2H2,1H3;2-3H,1H2;1-2H3. The van der Waals surface area contributed by atoms with Gasteiger partial charge >= 0.3 is 0 Å². The summed E-state index contributed by atoms with van der Waals surface area (Å²) in [7, 11) is 0. The highest BCUT2D eigenvalue weighted by atomic mass is 16.3. The minimum absolute atomic E-state index is 0.152. The average Bonchev–Trinajstić information content (AvgIpc) is 2.99. The number of likely N-dealkylation sites (N-methyl/N-ethyl adjacent to an activating group) is 1. The summed E-state index contributed by atoms with van der Waals surface area (Å²) in [5.74, 6) is -0.0667. The van der Waals surface area contributed by atoms with E-state index in [9.17, 15) is 9.59 Å². The number of nitrogens with zero attached hydrogens (tertiary/aromatic N) is 2. The summed E-state index contributed by atoms with van der Waals surface area (Å²) in [6.07, 6.45) is 8.98. The largest absolute Gasteiger partial charge is 0.516 e. The van der Waals surface area contributed by atoms with Gasteiger partial charge in [-0.1, -0.05) is 73.1 Å². The molecule has 41 heavy (non-hydrogen) atoms. The van der Waals surface area contributed by atoms with Crippen LogP contribution in [0.5, 0.6) is 5.75 Å². The number of carbonyl (C=O) groups excluding carboxylic acids is 2. The minimum Gasteiger partial charge on any atom is -0.516 e. The molecule has 9 nitrogen and oxygen atoms in total. The van der Waals surface area contributed by atoms with Gasteiger partial charge in [-0.05, 0) is 50.3 Å². The van der Waals surface area contributed by atoms with Gasteiger partial charge in [0.2, 0.25) is 0 Å². The van der Waals surface area contributed by atoms with Crippen molar-refractivity contribution in [3.63, 3.8) is 0 Å². The molecule has 2 aliphatic heterocycles. The zero-order valence-electron chi connectivity index (χ0n) is 26.6. The zero-order chi connectivity index (χ0) is 31.2. The second-order valence-electron chi connectivity index (χ2n) is 9.70. The molecule has 2 atom stereocenters. The number of amides is 2. The average molecular weight is 576 g/mol. The van der Waals surface area contributed by atoms with Crippen LogP contribution in [-0.4, -0.2) is 76.3 Å². The number of phenolic OH excluding ortho intramolecular Hbond substituents is 1. The third kappa shape index (κ3) is 13.4. The third-order valence-electron chi connectivity index (χ3n) is 6.93. The zero-order valence-corrected chi connectivity index (χ0v) is 26.6. The van der Waals surface area contributed by atoms with E-state index in [1.54, 1.807) is 18.3 Å². The Hall–Kier alpha value is -3.04. The number of carbonyl (C=O) groups is 2. The van der Waals surface area contributed by atoms with E-state index in [1.807, 2.05) is 32.9 Å². The van der Waals surface area contributed by atoms with Crippen LogP contribution in [0.15, 0.2) is 49.0 Å². The minimum atomic E-state index is -0.407. The number of rotatable bonds is 10. The highest BCUT2D eigenvalue weighted by Gasteiger charge is 2.37. The number of nitrogens with one attached hydrogen (secondary N) is 3. The predicted molar refractivity (Wildman–Crippen MR) is 169 cm³/mol. The monoisotopic (exact) mass is 575 g/mol. The first-order valence-corrected chi connectivity index (χ1v) is 15.4. The van der Waals surface area contributed by atoms with Crippen LogP contribution in [0.1, 0.15) is 86.1 Å². The molecule has 2 amide bonds. The maximum absolute atomic E-state index is 12.6. The van der Waals surface area contributed by atoms with Crippen LogP contribution in [0.2, 0.25) is 0 Å². The molecule has 1 saturated heterocycles. The van der Waals surface area contributed by atoms with Gasteiger partial charge in [0.15, 0.2) is 6.17 Å². The van der Waals surface area contributed by atoms with Crippen LogP contribution in [0.25, 0.3) is 0 Å². The summed E-state index contributed by atoms with van der Waals surface area (Å²) in [6, 6.07) is 8.37. The summed E-state index contributed by atoms with van der Waals surface area (Å²) in [5, 5.41) is 24.8. The van der Waals surface area contributed by atoms with Crippen LogP contribution < -0.4 is 16.0 Å². The van der Waals surface area contributed by atoms with Crippen LogP contribution >= 0.6 is 0 Å². The van der Waals surface area contributed by atoms with Gasteiger partial charge in [0.1, 0.15) is 11.4 Å². The molecule has 0 spiro atoms. The lowest BCUT2D eigenvalue weighted by Gasteiger charge is -2.47. The molecule has 0 bridgehead atoms. The Balaban J connectivity index is 0.000000944. The molecule has 1 aromatic carbocycles. The Morgan fingerprint density at radius 3 is 2.15 bits per heavy atom. The van der Waals surface area contributed by atoms with Crippen molar-refractivity contribution in [2.24, 2.45) is 0 Å². The molecule has 9 heteroatoms. The van der Waals surface area contributed by atoms with E-state index >= 15 is 0 Å². The van der Waals surface area contributed by atoms with Crippen LogP contribution in [-0.2, 0) is 16.0 Å². The van der Waals surface area contributed by atoms with Gasteiger partial charge in [-0.15, -0.1) is 0 Å². The van der Waals surface area contributed by atoms with Crippen LogP contribution in [0.4, 0.5) is 0 Å². The lowest BCUT2D eigenvalue weighted by Crippen LogP contribution is -2.65. The number of aliphatic hydroxyl groups excluding tert-OH is 1. The number of aryl methyl sites for hydroxylation is 1. The molecule has 0 saturated carbocycles. The number of aromatic hydroxyl groups is 1. The van der Waals surface area contributed by atoms with E-state index in [2.05, 4.69) is 60.0 Å². The van der Waals surface area contributed by atoms with Crippen molar-refractivity contribution < 1.29 is 19.8 Å². The third-order valence-corrected chi connectivity index (χ3v) is 6.93. The molecule has 1 aromatic rings. The van der Waals surface area contributed by atoms with E-state index in [1.165, 1.54) is 31.2 Å². The van der Waals surface area contributed by atoms with Gasteiger partial charge in [-0.2, -0.15) is 0 Å². The second-order valence-corrected chi connectivity index (χ2v) is 9.70. The summed E-state index contributed by atoms with van der Waals surface area (Å²) >= 11 is 0. The van der Waals surface area contributed by atoms with Crippen molar-refractivity contribution >= 4 is 11.8 Å². The molecule has 2 aliphatic rings. The maximum Gasteiger partial charge on any atom is 0.269 e. The van der Waals surface area contributed by atoms with E-state index in [0.717, 1.165) is 38.7 Å². The first-order valence-electron chi connectivity index (χ1n) is 15.4. The molecule has 0 radical (unpaired) electrons. The number of benzene rings is 1. The van der Waals surface area contributed by atoms with Gasteiger partial charge in [0.25, 0.3) is 11.8 Å². The van der Waals surface area contributed by atoms with Crippen molar-refractivity contribution in [1.82, 2.24) is 25.8 Å². The topological polar surface area (TPSA) is 117 Å². The van der Waals surface area contributed by atoms with E-state index in [-0.39, 0.29) is 17.5 Å². The molecule has 5 N–H and O–H groups in total. The SMILES string of the molecule is C=CO.CC.CCCC(CCC)N1CCN(C2NC=C(C(=O)NCC)NC2=O)CC1CC.CCc1ccc(O)cc1. The Morgan fingerprint density at radius 1 is 1.10 bits per heavy atom. The highest BCUT2D eigenvalue weighted by molar-refractivity contribution is 5.99. The molecule has 234 valence electrons. The maximum atomic E-state index is 12.6. The van der Waals surface area contributed by atoms with Crippen molar-refractivity contribution in [3.05, 3.63) is 54.6 Å². The molecular formula is C32H57N5O4. The van der Waals surface area contributed by atoms with Gasteiger partial charge < -0.3 is 26.2 Å². The van der Waals surface area contributed by atoms with Gasteiger partial charge in [0, 0.05) is 44.5 Å². The molecule has 1 fully saturated rings. The molecular weight excluding hydrogens is 518 g/mol. The van der Waals surface area contributed by atoms with Crippen molar-refractivity contribution in [2.75, 3.05) is 26.2 Å². The Labute approximate surface area is 249 Å². The number of hydrogen-bond donors (Lipinski definition) is 5. The second kappa shape index (κ2) is 22.6. The lowest BCUT2D eigenvalue weighted by atomic mass is 9.99. The molecule has 2 heterocycles. The lowest BCUT2D eigenvalue weighted by molar-refractivity contribution is -0.131. The quantitative estimate of drug-likeness (QED) is 0.248. The van der Waals surface area contributed by atoms with Crippen molar-refractivity contribution in [1.29, 1.82) is 0 Å². The fourth-order valence-corrected chi connectivity index (χ4v) is 4.97. The van der Waals surface area contributed by atoms with Gasteiger partial charge in [-0.3, -0.25) is 19.4 Å². The number of aliphatic hydroxyl groups is 1. The first kappa shape index (κ1) is 38.0. The normalized spacial score (nSPS) is 18.5. The first-order chi connectivity index (χ1) is 19.8. The van der Waals surface area contributed by atoms with E-state index in [0.29, 0.717) is 24.4 Å². The van der Waals surface area contributed by atoms with E-state index in [4.69, 9.17) is 10.2 Å². The summed E-state index contributed by atoms with van der Waals surface area (Å²) in [4.78, 5) is 29.4. The Bertz CT molecular complexity index is 885. The predicted octanol–water partition coefficient (Wildman–Crippen LogP) is 5.04. The summed E-state index contributed by atoms with van der Waals surface area (Å²) in [6.45, 7) is 20.9. The van der Waals surface area contributed by atoms with Crippen LogP contribution in [0.3, 0.4) is 0 Å².